The molecule has 0 unspecified atom stereocenters. The second-order valence-corrected chi connectivity index (χ2v) is 7.57. The second-order valence-electron chi connectivity index (χ2n) is 5.53. The average molecular weight is 346 g/mol. The lowest BCUT2D eigenvalue weighted by Gasteiger charge is -2.17. The van der Waals surface area contributed by atoms with Crippen LogP contribution in [0.15, 0.2) is 59.5 Å². The molecule has 6 heteroatoms. The summed E-state index contributed by atoms with van der Waals surface area (Å²) in [7, 11) is -2.05. The highest BCUT2D eigenvalue weighted by Gasteiger charge is 2.21. The zero-order valence-corrected chi connectivity index (χ0v) is 14.7. The van der Waals surface area contributed by atoms with Gasteiger partial charge in [-0.15, -0.1) is 0 Å². The Bertz CT molecular complexity index is 772. The van der Waals surface area contributed by atoms with Crippen molar-refractivity contribution in [3.05, 3.63) is 65.7 Å². The molecule has 0 atom stereocenters. The number of nitrogens with one attached hydrogen (secondary N) is 1. The van der Waals surface area contributed by atoms with Crippen molar-refractivity contribution < 1.29 is 13.2 Å². The van der Waals surface area contributed by atoms with E-state index >= 15 is 0 Å². The number of benzene rings is 2. The highest BCUT2D eigenvalue weighted by molar-refractivity contribution is 7.89. The minimum atomic E-state index is -3.59. The molecule has 0 aliphatic heterocycles. The number of amides is 1. The molecular formula is C18H22N2O3S. The van der Waals surface area contributed by atoms with Crippen molar-refractivity contribution in [2.45, 2.75) is 24.8 Å². The molecule has 1 amide bonds. The predicted molar refractivity (Wildman–Crippen MR) is 94.2 cm³/mol. The van der Waals surface area contributed by atoms with Gasteiger partial charge in [-0.05, 0) is 36.2 Å². The molecule has 0 heterocycles. The zero-order chi connectivity index (χ0) is 17.6. The van der Waals surface area contributed by atoms with Crippen molar-refractivity contribution in [1.29, 1.82) is 0 Å². The van der Waals surface area contributed by atoms with Crippen LogP contribution in [0.2, 0.25) is 0 Å². The molecule has 0 aromatic heterocycles. The van der Waals surface area contributed by atoms with Crippen LogP contribution in [0, 0.1) is 0 Å². The van der Waals surface area contributed by atoms with Gasteiger partial charge in [0.1, 0.15) is 0 Å². The van der Waals surface area contributed by atoms with E-state index in [0.29, 0.717) is 18.7 Å². The first-order valence-corrected chi connectivity index (χ1v) is 9.27. The molecule has 0 radical (unpaired) electrons. The van der Waals surface area contributed by atoms with Crippen molar-refractivity contribution in [3.63, 3.8) is 0 Å². The number of hydrogen-bond acceptors (Lipinski definition) is 3. The fraction of sp³-hybridized carbons (Fsp3) is 0.278. The third-order valence-electron chi connectivity index (χ3n) is 3.61. The first kappa shape index (κ1) is 18.2. The molecule has 1 N–H and O–H groups in total. The molecule has 0 saturated heterocycles. The number of sulfonamides is 1. The Labute approximate surface area is 143 Å². The van der Waals surface area contributed by atoms with E-state index in [4.69, 9.17) is 0 Å². The lowest BCUT2D eigenvalue weighted by Crippen LogP contribution is -2.27. The normalized spacial score (nSPS) is 11.5. The van der Waals surface area contributed by atoms with E-state index in [2.05, 4.69) is 5.32 Å². The molecule has 2 aromatic rings. The van der Waals surface area contributed by atoms with Gasteiger partial charge in [0.2, 0.25) is 10.0 Å². The van der Waals surface area contributed by atoms with Crippen molar-refractivity contribution in [2.75, 3.05) is 13.6 Å². The van der Waals surface area contributed by atoms with Crippen molar-refractivity contribution >= 4 is 15.9 Å². The van der Waals surface area contributed by atoms with E-state index in [0.717, 1.165) is 12.0 Å². The minimum absolute atomic E-state index is 0.174. The van der Waals surface area contributed by atoms with Gasteiger partial charge < -0.3 is 5.32 Å². The zero-order valence-electron chi connectivity index (χ0n) is 13.9. The van der Waals surface area contributed by atoms with Gasteiger partial charge in [-0.3, -0.25) is 4.79 Å². The Kier molecular flexibility index (Phi) is 6.11. The maximum absolute atomic E-state index is 12.6. The number of carbonyl (C=O) groups is 1. The summed E-state index contributed by atoms with van der Waals surface area (Å²) in [5.74, 6) is -0.196. The van der Waals surface area contributed by atoms with Gasteiger partial charge >= 0.3 is 0 Å². The highest BCUT2D eigenvalue weighted by atomic mass is 32.2. The molecular weight excluding hydrogens is 324 g/mol. The largest absolute Gasteiger partial charge is 0.352 e. The highest BCUT2D eigenvalue weighted by Crippen LogP contribution is 2.17. The summed E-state index contributed by atoms with van der Waals surface area (Å²) in [5, 5.41) is 2.76. The van der Waals surface area contributed by atoms with Crippen LogP contribution in [0.3, 0.4) is 0 Å². The summed E-state index contributed by atoms with van der Waals surface area (Å²) < 4.78 is 26.5. The summed E-state index contributed by atoms with van der Waals surface area (Å²) in [4.78, 5) is 12.0. The molecule has 0 bridgehead atoms. The van der Waals surface area contributed by atoms with Crippen LogP contribution >= 0.6 is 0 Å². The van der Waals surface area contributed by atoms with Crippen LogP contribution in [-0.4, -0.2) is 32.2 Å². The summed E-state index contributed by atoms with van der Waals surface area (Å²) >= 11 is 0. The van der Waals surface area contributed by atoms with Crippen LogP contribution in [0.4, 0.5) is 0 Å². The van der Waals surface area contributed by atoms with E-state index in [1.165, 1.54) is 28.6 Å². The summed E-state index contributed by atoms with van der Waals surface area (Å²) in [6.07, 6.45) is 0.850. The maximum atomic E-state index is 12.6. The molecule has 0 spiro atoms. The SMILES string of the molecule is CCCNC(=O)c1ccc(S(=O)(=O)N(C)Cc2ccccc2)cc1. The van der Waals surface area contributed by atoms with Gasteiger partial charge in [0, 0.05) is 25.7 Å². The Morgan fingerprint density at radius 2 is 1.67 bits per heavy atom. The summed E-state index contributed by atoms with van der Waals surface area (Å²) in [6.45, 7) is 2.86. The Morgan fingerprint density at radius 3 is 2.25 bits per heavy atom. The lowest BCUT2D eigenvalue weighted by atomic mass is 10.2. The number of carbonyl (C=O) groups excluding carboxylic acids is 1. The molecule has 0 aliphatic rings. The minimum Gasteiger partial charge on any atom is -0.352 e. The molecule has 0 fully saturated rings. The van der Waals surface area contributed by atoms with Gasteiger partial charge in [-0.2, -0.15) is 4.31 Å². The van der Waals surface area contributed by atoms with Gasteiger partial charge in [-0.1, -0.05) is 37.3 Å². The third-order valence-corrected chi connectivity index (χ3v) is 5.43. The van der Waals surface area contributed by atoms with E-state index < -0.39 is 10.0 Å². The van der Waals surface area contributed by atoms with Crippen LogP contribution in [0.1, 0.15) is 29.3 Å². The number of nitrogens with zero attached hydrogens (tertiary/aromatic N) is 1. The van der Waals surface area contributed by atoms with Crippen LogP contribution < -0.4 is 5.32 Å². The first-order chi connectivity index (χ1) is 11.4. The first-order valence-electron chi connectivity index (χ1n) is 7.83. The molecule has 0 aliphatic carbocycles. The predicted octanol–water partition coefficient (Wildman–Crippen LogP) is 2.65. The average Bonchev–Trinajstić information content (AvgIpc) is 2.60. The molecule has 128 valence electrons. The topological polar surface area (TPSA) is 66.5 Å². The van der Waals surface area contributed by atoms with E-state index in [1.54, 1.807) is 7.05 Å². The number of hydrogen-bond donors (Lipinski definition) is 1. The molecule has 5 nitrogen and oxygen atoms in total. The maximum Gasteiger partial charge on any atom is 0.251 e. The van der Waals surface area contributed by atoms with Crippen molar-refractivity contribution in [1.82, 2.24) is 9.62 Å². The van der Waals surface area contributed by atoms with Gasteiger partial charge in [0.25, 0.3) is 5.91 Å². The smallest absolute Gasteiger partial charge is 0.251 e. The summed E-state index contributed by atoms with van der Waals surface area (Å²) in [6, 6.07) is 15.4. The van der Waals surface area contributed by atoms with Crippen LogP contribution in [0.25, 0.3) is 0 Å². The van der Waals surface area contributed by atoms with Gasteiger partial charge in [-0.25, -0.2) is 8.42 Å². The van der Waals surface area contributed by atoms with E-state index in [9.17, 15) is 13.2 Å². The molecule has 0 saturated carbocycles. The fourth-order valence-electron chi connectivity index (χ4n) is 2.22. The molecule has 2 rings (SSSR count). The van der Waals surface area contributed by atoms with Crippen molar-refractivity contribution in [3.8, 4) is 0 Å². The standard InChI is InChI=1S/C18H22N2O3S/c1-3-13-19-18(21)16-9-11-17(12-10-16)24(22,23)20(2)14-15-7-5-4-6-8-15/h4-12H,3,13-14H2,1-2H3,(H,19,21). The summed E-state index contributed by atoms with van der Waals surface area (Å²) in [5.41, 5.74) is 1.37. The quantitative estimate of drug-likeness (QED) is 0.838. The second kappa shape index (κ2) is 8.08. The van der Waals surface area contributed by atoms with E-state index in [-0.39, 0.29) is 10.8 Å². The third kappa shape index (κ3) is 4.43. The van der Waals surface area contributed by atoms with E-state index in [1.807, 2.05) is 37.3 Å². The van der Waals surface area contributed by atoms with Crippen LogP contribution in [0.5, 0.6) is 0 Å². The monoisotopic (exact) mass is 346 g/mol. The van der Waals surface area contributed by atoms with Crippen LogP contribution in [-0.2, 0) is 16.6 Å². The molecule has 24 heavy (non-hydrogen) atoms. The molecule has 2 aromatic carbocycles. The van der Waals surface area contributed by atoms with Gasteiger partial charge in [0.05, 0.1) is 4.90 Å². The number of rotatable bonds is 7. The Morgan fingerprint density at radius 1 is 1.04 bits per heavy atom. The Hall–Kier alpha value is -2.18. The Balaban J connectivity index is 2.12. The fourth-order valence-corrected chi connectivity index (χ4v) is 3.38. The van der Waals surface area contributed by atoms with Crippen molar-refractivity contribution in [2.24, 2.45) is 0 Å². The van der Waals surface area contributed by atoms with Gasteiger partial charge in [0.15, 0.2) is 0 Å². The lowest BCUT2D eigenvalue weighted by molar-refractivity contribution is 0.0953.